The lowest BCUT2D eigenvalue weighted by Gasteiger charge is -2.25. The summed E-state index contributed by atoms with van der Waals surface area (Å²) in [6, 6.07) is 0.503. The first kappa shape index (κ1) is 10.9. The highest BCUT2D eigenvalue weighted by Gasteiger charge is 2.18. The summed E-state index contributed by atoms with van der Waals surface area (Å²) in [5.41, 5.74) is 3.21. The van der Waals surface area contributed by atoms with E-state index in [9.17, 15) is 0 Å². The molecule has 0 bridgehead atoms. The van der Waals surface area contributed by atoms with Crippen LogP contribution in [0.4, 0.5) is 0 Å². The number of nitrogens with one attached hydrogen (secondary N) is 1. The molecule has 0 aromatic heterocycles. The predicted octanol–water partition coefficient (Wildman–Crippen LogP) is 1.57. The molecule has 1 N–H and O–H groups in total. The molecule has 1 rings (SSSR count). The van der Waals surface area contributed by atoms with E-state index in [0.29, 0.717) is 12.0 Å². The zero-order chi connectivity index (χ0) is 9.84. The van der Waals surface area contributed by atoms with E-state index in [0.717, 1.165) is 5.17 Å². The zero-order valence-electron chi connectivity index (χ0n) is 8.87. The van der Waals surface area contributed by atoms with Crippen LogP contribution in [0.25, 0.3) is 0 Å². The third-order valence-electron chi connectivity index (χ3n) is 2.02. The van der Waals surface area contributed by atoms with E-state index in [1.54, 1.807) is 0 Å². The second-order valence-corrected chi connectivity index (χ2v) is 4.97. The van der Waals surface area contributed by atoms with Crippen molar-refractivity contribution in [3.8, 4) is 0 Å². The number of thioether (sulfide) groups is 1. The molecule has 1 atom stereocenters. The van der Waals surface area contributed by atoms with Gasteiger partial charge in [-0.2, -0.15) is 0 Å². The molecule has 0 saturated carbocycles. The second-order valence-electron chi connectivity index (χ2n) is 3.89. The average molecular weight is 201 g/mol. The van der Waals surface area contributed by atoms with E-state index < -0.39 is 0 Å². The van der Waals surface area contributed by atoms with Crippen LogP contribution in [0.2, 0.25) is 0 Å². The molecule has 1 heterocycles. The summed E-state index contributed by atoms with van der Waals surface area (Å²) < 4.78 is 0. The first-order chi connectivity index (χ1) is 6.09. The topological polar surface area (TPSA) is 27.6 Å². The van der Waals surface area contributed by atoms with Crippen molar-refractivity contribution in [2.24, 2.45) is 10.9 Å². The highest BCUT2D eigenvalue weighted by Crippen LogP contribution is 2.21. The van der Waals surface area contributed by atoms with Crippen LogP contribution in [0.3, 0.4) is 0 Å². The van der Waals surface area contributed by atoms with Crippen LogP contribution in [0.5, 0.6) is 0 Å². The third-order valence-corrected chi connectivity index (χ3v) is 2.93. The Morgan fingerprint density at radius 2 is 2.23 bits per heavy atom. The Balaban J connectivity index is 2.53. The molecule has 0 saturated heterocycles. The van der Waals surface area contributed by atoms with Gasteiger partial charge in [-0.05, 0) is 12.3 Å². The van der Waals surface area contributed by atoms with E-state index in [-0.39, 0.29) is 0 Å². The smallest absolute Gasteiger partial charge is 0.171 e. The molecule has 3 nitrogen and oxygen atoms in total. The van der Waals surface area contributed by atoms with Crippen molar-refractivity contribution in [1.82, 2.24) is 10.4 Å². The molecule has 0 aromatic carbocycles. The van der Waals surface area contributed by atoms with Crippen LogP contribution < -0.4 is 5.43 Å². The summed E-state index contributed by atoms with van der Waals surface area (Å²) in [6.07, 6.45) is 1.21. The third kappa shape index (κ3) is 3.56. The van der Waals surface area contributed by atoms with E-state index in [1.807, 2.05) is 30.9 Å². The number of hydrogen-bond donors (Lipinski definition) is 1. The van der Waals surface area contributed by atoms with Gasteiger partial charge in [-0.1, -0.05) is 25.6 Å². The number of amidine groups is 1. The molecule has 4 heteroatoms. The molecule has 1 aliphatic rings. The lowest BCUT2D eigenvalue weighted by Crippen LogP contribution is -2.37. The minimum atomic E-state index is 0.503. The molecule has 0 amide bonds. The number of hydrazine groups is 1. The van der Waals surface area contributed by atoms with Gasteiger partial charge in [-0.3, -0.25) is 10.4 Å². The van der Waals surface area contributed by atoms with E-state index in [2.05, 4.69) is 24.3 Å². The molecular weight excluding hydrogens is 182 g/mol. The predicted molar refractivity (Wildman–Crippen MR) is 60.0 cm³/mol. The van der Waals surface area contributed by atoms with Gasteiger partial charge < -0.3 is 0 Å². The Bertz CT molecular complexity index is 189. The van der Waals surface area contributed by atoms with Gasteiger partial charge in [0, 0.05) is 19.8 Å². The number of rotatable bonds is 2. The van der Waals surface area contributed by atoms with Gasteiger partial charge in [0.05, 0.1) is 6.04 Å². The zero-order valence-corrected chi connectivity index (χ0v) is 9.69. The summed E-state index contributed by atoms with van der Waals surface area (Å²) in [4.78, 5) is 4.65. The minimum Gasteiger partial charge on any atom is -0.298 e. The summed E-state index contributed by atoms with van der Waals surface area (Å²) in [6.45, 7) is 4.47. The van der Waals surface area contributed by atoms with Crippen molar-refractivity contribution in [3.05, 3.63) is 0 Å². The first-order valence-electron chi connectivity index (χ1n) is 4.74. The maximum atomic E-state index is 4.65. The maximum absolute atomic E-state index is 4.65. The molecule has 0 radical (unpaired) electrons. The van der Waals surface area contributed by atoms with Crippen molar-refractivity contribution < 1.29 is 0 Å². The van der Waals surface area contributed by atoms with Crippen LogP contribution >= 0.6 is 11.8 Å². The number of nitrogens with zero attached hydrogens (tertiary/aromatic N) is 2. The molecule has 0 fully saturated rings. The van der Waals surface area contributed by atoms with Crippen molar-refractivity contribution in [2.75, 3.05) is 19.8 Å². The summed E-state index contributed by atoms with van der Waals surface area (Å²) >= 11 is 1.81. The summed E-state index contributed by atoms with van der Waals surface area (Å²) in [7, 11) is 3.98. The monoisotopic (exact) mass is 201 g/mol. The van der Waals surface area contributed by atoms with Gasteiger partial charge in [0.15, 0.2) is 5.17 Å². The van der Waals surface area contributed by atoms with Crippen molar-refractivity contribution in [1.29, 1.82) is 0 Å². The normalized spacial score (nSPS) is 23.5. The van der Waals surface area contributed by atoms with Gasteiger partial charge >= 0.3 is 0 Å². The standard InChI is InChI=1S/C9H19N3S/c1-7(2)8-5-6-13-9(10-8)11-12(3)4/h7-8H,5-6H2,1-4H3,(H,10,11). The molecule has 0 aromatic rings. The summed E-state index contributed by atoms with van der Waals surface area (Å²) in [5, 5.41) is 3.00. The minimum absolute atomic E-state index is 0.503. The van der Waals surface area contributed by atoms with Crippen molar-refractivity contribution in [2.45, 2.75) is 26.3 Å². The average Bonchev–Trinajstić information content (AvgIpc) is 2.03. The molecule has 13 heavy (non-hydrogen) atoms. The van der Waals surface area contributed by atoms with Crippen LogP contribution in [0.15, 0.2) is 4.99 Å². The lowest BCUT2D eigenvalue weighted by atomic mass is 10.0. The Morgan fingerprint density at radius 1 is 1.54 bits per heavy atom. The van der Waals surface area contributed by atoms with Crippen molar-refractivity contribution >= 4 is 16.9 Å². The Hall–Kier alpha value is -0.220. The molecule has 1 aliphatic heterocycles. The largest absolute Gasteiger partial charge is 0.298 e. The van der Waals surface area contributed by atoms with Crippen LogP contribution in [-0.2, 0) is 0 Å². The van der Waals surface area contributed by atoms with Gasteiger partial charge in [0.2, 0.25) is 0 Å². The fourth-order valence-electron chi connectivity index (χ4n) is 1.26. The quantitative estimate of drug-likeness (QED) is 0.687. The Morgan fingerprint density at radius 3 is 2.77 bits per heavy atom. The van der Waals surface area contributed by atoms with Gasteiger partial charge in [-0.25, -0.2) is 5.01 Å². The van der Waals surface area contributed by atoms with Gasteiger partial charge in [-0.15, -0.1) is 0 Å². The highest BCUT2D eigenvalue weighted by atomic mass is 32.2. The molecule has 1 unspecified atom stereocenters. The van der Waals surface area contributed by atoms with Gasteiger partial charge in [0.1, 0.15) is 0 Å². The fraction of sp³-hybridized carbons (Fsp3) is 0.889. The second kappa shape index (κ2) is 4.86. The molecule has 76 valence electrons. The SMILES string of the molecule is CC(C)C1CCSC(NN(C)C)=N1. The van der Waals surface area contributed by atoms with Crippen LogP contribution in [-0.4, -0.2) is 36.1 Å². The molecule has 0 spiro atoms. The number of hydrogen-bond acceptors (Lipinski definition) is 4. The molecule has 0 aliphatic carbocycles. The fourth-order valence-corrected chi connectivity index (χ4v) is 2.27. The summed E-state index contributed by atoms with van der Waals surface area (Å²) in [5.74, 6) is 1.84. The van der Waals surface area contributed by atoms with Crippen molar-refractivity contribution in [3.63, 3.8) is 0 Å². The lowest BCUT2D eigenvalue weighted by molar-refractivity contribution is 0.362. The van der Waals surface area contributed by atoms with E-state index >= 15 is 0 Å². The van der Waals surface area contributed by atoms with E-state index in [1.165, 1.54) is 12.2 Å². The van der Waals surface area contributed by atoms with Crippen LogP contribution in [0, 0.1) is 5.92 Å². The van der Waals surface area contributed by atoms with Crippen LogP contribution in [0.1, 0.15) is 20.3 Å². The molecular formula is C9H19N3S. The Labute approximate surface area is 85.0 Å². The van der Waals surface area contributed by atoms with E-state index in [4.69, 9.17) is 0 Å². The Kier molecular flexibility index (Phi) is 4.06. The first-order valence-corrected chi connectivity index (χ1v) is 5.72. The van der Waals surface area contributed by atoms with Gasteiger partial charge in [0.25, 0.3) is 0 Å². The highest BCUT2D eigenvalue weighted by molar-refractivity contribution is 8.13. The number of aliphatic imine (C=N–C) groups is 1. The maximum Gasteiger partial charge on any atom is 0.171 e.